The Kier molecular flexibility index (Phi) is 9.73. The van der Waals surface area contributed by atoms with Crippen molar-refractivity contribution in [3.05, 3.63) is 78.1 Å². The van der Waals surface area contributed by atoms with Gasteiger partial charge < -0.3 is 14.2 Å². The molecule has 0 spiro atoms. The zero-order valence-corrected chi connectivity index (χ0v) is 21.5. The van der Waals surface area contributed by atoms with Gasteiger partial charge in [0.2, 0.25) is 0 Å². The minimum Gasteiger partial charge on any atom is -0.462 e. The molecule has 0 atom stereocenters. The molecule has 192 valence electrons. The fourth-order valence-electron chi connectivity index (χ4n) is 3.01. The lowest BCUT2D eigenvalue weighted by atomic mass is 9.97. The molecular weight excluding hydrogens is 463 g/mol. The smallest absolute Gasteiger partial charge is 0.333 e. The standard InChI is InChI=1S/C29H33FO6/c1-18(2)26(31)34-16-21(17-35-27(32)19(3)4)14-20-8-10-22(11-9-20)24-13-12-23(15-25(24)30)36-28(33)29(5,6)7/h8-13,15,21H,1,3,14,16-17H2,2,4-7H3. The molecule has 0 aliphatic carbocycles. The Labute approximate surface area is 211 Å². The number of benzene rings is 2. The Hall–Kier alpha value is -3.74. The molecule has 0 saturated heterocycles. The third-order valence-electron chi connectivity index (χ3n) is 5.15. The predicted molar refractivity (Wildman–Crippen MR) is 136 cm³/mol. The van der Waals surface area contributed by atoms with Gasteiger partial charge >= 0.3 is 17.9 Å². The Morgan fingerprint density at radius 1 is 0.889 bits per heavy atom. The van der Waals surface area contributed by atoms with Crippen LogP contribution in [0.15, 0.2) is 66.8 Å². The highest BCUT2D eigenvalue weighted by Crippen LogP contribution is 2.28. The summed E-state index contributed by atoms with van der Waals surface area (Å²) in [7, 11) is 0. The molecule has 0 fully saturated rings. The van der Waals surface area contributed by atoms with Crippen LogP contribution in [0.1, 0.15) is 40.2 Å². The molecule has 0 aromatic heterocycles. The highest BCUT2D eigenvalue weighted by atomic mass is 19.1. The van der Waals surface area contributed by atoms with Gasteiger partial charge in [0.1, 0.15) is 11.6 Å². The lowest BCUT2D eigenvalue weighted by Crippen LogP contribution is -2.25. The molecule has 0 N–H and O–H groups in total. The molecule has 2 aromatic carbocycles. The number of halogens is 1. The molecule has 0 bridgehead atoms. The summed E-state index contributed by atoms with van der Waals surface area (Å²) in [6.07, 6.45) is 0.456. The van der Waals surface area contributed by atoms with Gasteiger partial charge in [0.15, 0.2) is 0 Å². The molecule has 0 unspecified atom stereocenters. The maximum atomic E-state index is 14.8. The number of carbonyl (C=O) groups excluding carboxylic acids is 3. The van der Waals surface area contributed by atoms with E-state index in [0.29, 0.717) is 17.5 Å². The van der Waals surface area contributed by atoms with Crippen molar-refractivity contribution in [2.75, 3.05) is 13.2 Å². The first kappa shape index (κ1) is 28.5. The third kappa shape index (κ3) is 8.48. The topological polar surface area (TPSA) is 78.9 Å². The second-order valence-corrected chi connectivity index (χ2v) is 9.81. The number of carbonyl (C=O) groups is 3. The largest absolute Gasteiger partial charge is 0.462 e. The van der Waals surface area contributed by atoms with E-state index in [1.54, 1.807) is 58.9 Å². The van der Waals surface area contributed by atoms with Crippen LogP contribution in [0.2, 0.25) is 0 Å². The second-order valence-electron chi connectivity index (χ2n) is 9.81. The molecule has 0 radical (unpaired) electrons. The van der Waals surface area contributed by atoms with E-state index >= 15 is 0 Å². The van der Waals surface area contributed by atoms with Crippen molar-refractivity contribution >= 4 is 17.9 Å². The van der Waals surface area contributed by atoms with Crippen LogP contribution < -0.4 is 4.74 Å². The van der Waals surface area contributed by atoms with Crippen molar-refractivity contribution in [2.24, 2.45) is 11.3 Å². The number of ether oxygens (including phenoxy) is 3. The molecule has 0 aliphatic heterocycles. The van der Waals surface area contributed by atoms with Gasteiger partial charge in [-0.2, -0.15) is 0 Å². The summed E-state index contributed by atoms with van der Waals surface area (Å²) in [5, 5.41) is 0. The lowest BCUT2D eigenvalue weighted by Gasteiger charge is -2.18. The number of rotatable bonds is 10. The number of hydrogen-bond donors (Lipinski definition) is 0. The Bertz CT molecular complexity index is 1110. The van der Waals surface area contributed by atoms with Crippen LogP contribution in [-0.2, 0) is 30.3 Å². The van der Waals surface area contributed by atoms with Crippen LogP contribution in [0.25, 0.3) is 11.1 Å². The molecule has 0 amide bonds. The molecule has 36 heavy (non-hydrogen) atoms. The maximum absolute atomic E-state index is 14.8. The molecule has 6 nitrogen and oxygen atoms in total. The zero-order chi connectivity index (χ0) is 27.0. The van der Waals surface area contributed by atoms with E-state index in [1.165, 1.54) is 6.07 Å². The minimum atomic E-state index is -0.700. The molecule has 2 rings (SSSR count). The van der Waals surface area contributed by atoms with Gasteiger partial charge in [0.05, 0.1) is 18.6 Å². The molecule has 2 aromatic rings. The van der Waals surface area contributed by atoms with E-state index < -0.39 is 29.1 Å². The van der Waals surface area contributed by atoms with Crippen molar-refractivity contribution in [1.29, 1.82) is 0 Å². The van der Waals surface area contributed by atoms with Gasteiger partial charge in [-0.05, 0) is 64.3 Å². The summed E-state index contributed by atoms with van der Waals surface area (Å²) in [6.45, 7) is 15.5. The molecule has 7 heteroatoms. The van der Waals surface area contributed by atoms with E-state index in [4.69, 9.17) is 14.2 Å². The van der Waals surface area contributed by atoms with Gasteiger partial charge in [0.25, 0.3) is 0 Å². The lowest BCUT2D eigenvalue weighted by molar-refractivity contribution is -0.144. The molecule has 0 aliphatic rings. The first-order valence-corrected chi connectivity index (χ1v) is 11.5. The van der Waals surface area contributed by atoms with Crippen LogP contribution in [0.3, 0.4) is 0 Å². The summed E-state index contributed by atoms with van der Waals surface area (Å²) >= 11 is 0. The van der Waals surface area contributed by atoms with Crippen molar-refractivity contribution in [1.82, 2.24) is 0 Å². The normalized spacial score (nSPS) is 11.1. The van der Waals surface area contributed by atoms with E-state index in [1.807, 2.05) is 12.1 Å². The quantitative estimate of drug-likeness (QED) is 0.234. The predicted octanol–water partition coefficient (Wildman–Crippen LogP) is 5.84. The average molecular weight is 497 g/mol. The van der Waals surface area contributed by atoms with Gasteiger partial charge in [0, 0.05) is 28.7 Å². The third-order valence-corrected chi connectivity index (χ3v) is 5.15. The van der Waals surface area contributed by atoms with Crippen molar-refractivity contribution in [2.45, 2.75) is 41.0 Å². The van der Waals surface area contributed by atoms with Crippen LogP contribution in [-0.4, -0.2) is 31.1 Å². The van der Waals surface area contributed by atoms with Gasteiger partial charge in [-0.3, -0.25) is 4.79 Å². The first-order chi connectivity index (χ1) is 16.8. The van der Waals surface area contributed by atoms with Gasteiger partial charge in [-0.15, -0.1) is 0 Å². The average Bonchev–Trinajstić information content (AvgIpc) is 2.80. The second kappa shape index (κ2) is 12.3. The first-order valence-electron chi connectivity index (χ1n) is 11.5. The highest BCUT2D eigenvalue weighted by molar-refractivity contribution is 5.87. The van der Waals surface area contributed by atoms with Gasteiger partial charge in [-0.25, -0.2) is 14.0 Å². The van der Waals surface area contributed by atoms with Crippen LogP contribution >= 0.6 is 0 Å². The Morgan fingerprint density at radius 2 is 1.42 bits per heavy atom. The van der Waals surface area contributed by atoms with Crippen LogP contribution in [0, 0.1) is 17.2 Å². The monoisotopic (exact) mass is 496 g/mol. The Morgan fingerprint density at radius 3 is 1.86 bits per heavy atom. The fraction of sp³-hybridized carbons (Fsp3) is 0.345. The summed E-state index contributed by atoms with van der Waals surface area (Å²) in [5.41, 5.74) is 1.74. The highest BCUT2D eigenvalue weighted by Gasteiger charge is 2.24. The van der Waals surface area contributed by atoms with E-state index in [0.717, 1.165) is 5.56 Å². The van der Waals surface area contributed by atoms with E-state index in [2.05, 4.69) is 13.2 Å². The summed E-state index contributed by atoms with van der Waals surface area (Å²) in [5.74, 6) is -2.16. The zero-order valence-electron chi connectivity index (χ0n) is 21.5. The summed E-state index contributed by atoms with van der Waals surface area (Å²) in [4.78, 5) is 35.7. The van der Waals surface area contributed by atoms with Gasteiger partial charge in [-0.1, -0.05) is 37.4 Å². The molecule has 0 heterocycles. The number of esters is 3. The van der Waals surface area contributed by atoms with Crippen LogP contribution in [0.5, 0.6) is 5.75 Å². The SMILES string of the molecule is C=C(C)C(=O)OCC(COC(=O)C(=C)C)Cc1ccc(-c2ccc(OC(=O)C(C)(C)C)cc2F)cc1. The summed E-state index contributed by atoms with van der Waals surface area (Å²) < 4.78 is 30.6. The van der Waals surface area contributed by atoms with Crippen LogP contribution in [0.4, 0.5) is 4.39 Å². The van der Waals surface area contributed by atoms with Crippen molar-refractivity contribution in [3.63, 3.8) is 0 Å². The van der Waals surface area contributed by atoms with Crippen molar-refractivity contribution in [3.8, 4) is 16.9 Å². The fourth-order valence-corrected chi connectivity index (χ4v) is 3.01. The maximum Gasteiger partial charge on any atom is 0.333 e. The van der Waals surface area contributed by atoms with Crippen molar-refractivity contribution < 1.29 is 33.0 Å². The Balaban J connectivity index is 2.13. The molecular formula is C29H33FO6. The van der Waals surface area contributed by atoms with E-state index in [-0.39, 0.29) is 36.0 Å². The minimum absolute atomic E-state index is 0.0420. The number of hydrogen-bond acceptors (Lipinski definition) is 6. The molecule has 0 saturated carbocycles. The van der Waals surface area contributed by atoms with E-state index in [9.17, 15) is 18.8 Å². The summed E-state index contributed by atoms with van der Waals surface area (Å²) in [6, 6.07) is 11.5.